The van der Waals surface area contributed by atoms with Crippen LogP contribution >= 0.6 is 29.4 Å². The van der Waals surface area contributed by atoms with Crippen LogP contribution in [0.5, 0.6) is 5.75 Å². The Morgan fingerprint density at radius 1 is 1.23 bits per heavy atom. The number of anilines is 1. The number of ketones is 1. The van der Waals surface area contributed by atoms with Crippen LogP contribution in [0, 0.1) is 12.8 Å². The van der Waals surface area contributed by atoms with E-state index in [1.807, 2.05) is 29.5 Å². The van der Waals surface area contributed by atoms with Crippen molar-refractivity contribution < 1.29 is 9.53 Å². The lowest BCUT2D eigenvalue weighted by molar-refractivity contribution is -0.119. The fourth-order valence-corrected chi connectivity index (χ4v) is 3.55. The minimum atomic E-state index is -0.0381. The fraction of sp³-hybridized carbons (Fsp3) is 0.524. The summed E-state index contributed by atoms with van der Waals surface area (Å²) in [5.74, 6) is 2.91. The van der Waals surface area contributed by atoms with E-state index in [1.54, 1.807) is 7.11 Å². The normalized spacial score (nSPS) is 12.2. The predicted octanol–water partition coefficient (Wildman–Crippen LogP) is 4.67. The number of aryl methyl sites for hydroxylation is 1. The van der Waals surface area contributed by atoms with Gasteiger partial charge in [-0.15, -0.1) is 10.2 Å². The minimum Gasteiger partial charge on any atom is -0.497 e. The van der Waals surface area contributed by atoms with E-state index in [4.69, 9.17) is 9.72 Å². The van der Waals surface area contributed by atoms with Gasteiger partial charge in [-0.05, 0) is 37.8 Å². The fourth-order valence-electron chi connectivity index (χ4n) is 3.32. The van der Waals surface area contributed by atoms with E-state index in [-0.39, 0.29) is 18.3 Å². The number of nitrogens with one attached hydrogen (secondary N) is 1. The lowest BCUT2D eigenvalue weighted by atomic mass is 10.0. The number of hydrogen-bond acceptors (Lipinski definition) is 6. The lowest BCUT2D eigenvalue weighted by Gasteiger charge is -2.12. The van der Waals surface area contributed by atoms with Gasteiger partial charge < -0.3 is 10.1 Å². The molecule has 0 saturated carbocycles. The highest BCUT2D eigenvalue weighted by Crippen LogP contribution is 2.25. The molecule has 30 heavy (non-hydrogen) atoms. The Bertz CT molecular complexity index is 1010. The van der Waals surface area contributed by atoms with Crippen LogP contribution < -0.4 is 10.1 Å². The second-order valence-electron chi connectivity index (χ2n) is 7.57. The maximum absolute atomic E-state index is 12.1. The van der Waals surface area contributed by atoms with Gasteiger partial charge in [-0.1, -0.05) is 36.2 Å². The smallest absolute Gasteiger partial charge is 0.204 e. The third-order valence-electron chi connectivity index (χ3n) is 4.98. The summed E-state index contributed by atoms with van der Waals surface area (Å²) in [7, 11) is 1.65. The van der Waals surface area contributed by atoms with Gasteiger partial charge in [0.2, 0.25) is 5.65 Å². The molecule has 0 amide bonds. The van der Waals surface area contributed by atoms with Gasteiger partial charge in [0, 0.05) is 19.0 Å². The molecule has 1 aromatic carbocycles. The first-order valence-electron chi connectivity index (χ1n) is 10.0. The van der Waals surface area contributed by atoms with Crippen LogP contribution in [0.3, 0.4) is 0 Å². The molecule has 164 valence electrons. The topological polar surface area (TPSA) is 81.4 Å². The number of methoxy groups -OCH3 is 1. The molecule has 2 aromatic heterocycles. The van der Waals surface area contributed by atoms with Crippen molar-refractivity contribution >= 4 is 57.7 Å². The highest BCUT2D eigenvalue weighted by molar-refractivity contribution is 9.10. The molecule has 0 spiro atoms. The number of benzene rings is 1. The molecular formula is C21H30BrN5O2S. The summed E-state index contributed by atoms with van der Waals surface area (Å²) in [6.07, 6.45) is 3.46. The van der Waals surface area contributed by atoms with Crippen molar-refractivity contribution in [2.45, 2.75) is 51.3 Å². The number of carbonyl (C=O) groups is 1. The van der Waals surface area contributed by atoms with Crippen LogP contribution in [0.1, 0.15) is 45.4 Å². The van der Waals surface area contributed by atoms with Crippen LogP contribution in [0.15, 0.2) is 18.2 Å². The Morgan fingerprint density at radius 2 is 2.00 bits per heavy atom. The molecule has 0 saturated heterocycles. The van der Waals surface area contributed by atoms with E-state index >= 15 is 0 Å². The van der Waals surface area contributed by atoms with Gasteiger partial charge in [-0.2, -0.15) is 13.5 Å². The zero-order chi connectivity index (χ0) is 21.0. The van der Waals surface area contributed by atoms with E-state index in [1.165, 1.54) is 0 Å². The van der Waals surface area contributed by atoms with E-state index in [9.17, 15) is 4.79 Å². The quantitative estimate of drug-likeness (QED) is 0.325. The number of ether oxygens (including phenoxy) is 1. The van der Waals surface area contributed by atoms with Crippen LogP contribution in [0.25, 0.3) is 16.7 Å². The summed E-state index contributed by atoms with van der Waals surface area (Å²) in [5.41, 5.74) is 2.49. The third-order valence-corrected chi connectivity index (χ3v) is 6.55. The van der Waals surface area contributed by atoms with E-state index < -0.39 is 0 Å². The summed E-state index contributed by atoms with van der Waals surface area (Å²) in [6, 6.07) is 5.80. The van der Waals surface area contributed by atoms with Gasteiger partial charge in [-0.3, -0.25) is 9.20 Å². The number of Topliss-reactive ketones (excluding diaryl/α,β-unsaturated/α-hetero) is 1. The number of carbonyl (C=O) groups excluding carboxylic acids is 1. The predicted molar refractivity (Wildman–Crippen MR) is 129 cm³/mol. The van der Waals surface area contributed by atoms with Gasteiger partial charge in [0.1, 0.15) is 17.4 Å². The maximum atomic E-state index is 12.1. The van der Waals surface area contributed by atoms with E-state index in [0.29, 0.717) is 23.9 Å². The second kappa shape index (κ2) is 10.9. The lowest BCUT2D eigenvalue weighted by Crippen LogP contribution is -2.19. The molecule has 2 heterocycles. The average molecular weight is 496 g/mol. The first kappa shape index (κ1) is 24.4. The molecule has 0 bridgehead atoms. The zero-order valence-corrected chi connectivity index (χ0v) is 20.5. The Balaban J connectivity index is 0.00000320. The molecule has 0 aliphatic heterocycles. The Kier molecular flexibility index (Phi) is 8.91. The number of aromatic nitrogens is 4. The molecule has 1 atom stereocenters. The zero-order valence-electron chi connectivity index (χ0n) is 17.9. The Hall–Kier alpha value is -1.87. The number of rotatable bonds is 10. The van der Waals surface area contributed by atoms with Crippen molar-refractivity contribution in [1.82, 2.24) is 19.6 Å². The summed E-state index contributed by atoms with van der Waals surface area (Å²) < 4.78 is 7.34. The van der Waals surface area contributed by atoms with Crippen LogP contribution in [-0.2, 0) is 4.79 Å². The average Bonchev–Trinajstić information content (AvgIpc) is 3.11. The summed E-state index contributed by atoms with van der Waals surface area (Å²) >= 11 is 3.48. The van der Waals surface area contributed by atoms with Gasteiger partial charge >= 0.3 is 0 Å². The van der Waals surface area contributed by atoms with Crippen LogP contribution in [0.2, 0.25) is 0 Å². The third kappa shape index (κ3) is 5.43. The molecule has 0 radical (unpaired) electrons. The number of hydrogen-bond donors (Lipinski definition) is 1. The van der Waals surface area contributed by atoms with Crippen LogP contribution in [0.4, 0.5) is 5.82 Å². The molecule has 9 heteroatoms. The Morgan fingerprint density at radius 3 is 2.70 bits per heavy atom. The maximum Gasteiger partial charge on any atom is 0.204 e. The van der Waals surface area contributed by atoms with Gasteiger partial charge in [0.25, 0.3) is 0 Å². The molecule has 7 nitrogen and oxygen atoms in total. The van der Waals surface area contributed by atoms with Gasteiger partial charge in [0.15, 0.2) is 5.82 Å². The summed E-state index contributed by atoms with van der Waals surface area (Å²) in [4.78, 5) is 16.8. The summed E-state index contributed by atoms with van der Waals surface area (Å²) in [6.45, 7) is 6.81. The molecule has 0 unspecified atom stereocenters. The molecule has 1 N–H and O–H groups in total. The Labute approximate surface area is 192 Å². The minimum absolute atomic E-state index is 0. The van der Waals surface area contributed by atoms with Crippen molar-refractivity contribution in [3.05, 3.63) is 24.0 Å². The van der Waals surface area contributed by atoms with E-state index in [0.717, 1.165) is 54.1 Å². The molecule has 0 aliphatic carbocycles. The standard InChI is InChI=1S/C21H28BrN5O2.H2S/c1-13(2)19(22)18(28)8-6-5-7-11-23-20-21-26-25-14(3)27(21)17-10-9-15(29-4)12-16(17)24-20;/h9-10,12-13,19H,5-8,11H2,1-4H3,(H,23,24);1H2/t19-;/m0./s1. The molecular weight excluding hydrogens is 466 g/mol. The number of nitrogens with zero attached hydrogens (tertiary/aromatic N) is 4. The SMILES string of the molecule is COc1ccc2c(c1)nc(NCCCCCC(=O)[C@@H](Br)C(C)C)c1nnc(C)n12.S. The van der Waals surface area contributed by atoms with Crippen molar-refractivity contribution in [3.63, 3.8) is 0 Å². The van der Waals surface area contributed by atoms with Crippen molar-refractivity contribution in [2.24, 2.45) is 5.92 Å². The number of halogens is 1. The largest absolute Gasteiger partial charge is 0.497 e. The first-order valence-corrected chi connectivity index (χ1v) is 10.9. The van der Waals surface area contributed by atoms with Gasteiger partial charge in [-0.25, -0.2) is 4.98 Å². The highest BCUT2D eigenvalue weighted by Gasteiger charge is 2.17. The van der Waals surface area contributed by atoms with Crippen molar-refractivity contribution in [1.29, 1.82) is 0 Å². The monoisotopic (exact) mass is 495 g/mol. The number of unbranched alkanes of at least 4 members (excludes halogenated alkanes) is 2. The second-order valence-corrected chi connectivity index (χ2v) is 8.56. The van der Waals surface area contributed by atoms with Gasteiger partial charge in [0.05, 0.1) is 23.0 Å². The van der Waals surface area contributed by atoms with Crippen molar-refractivity contribution in [3.8, 4) is 5.75 Å². The molecule has 3 aromatic rings. The van der Waals surface area contributed by atoms with Crippen LogP contribution in [-0.4, -0.2) is 43.8 Å². The number of alkyl halides is 1. The number of fused-ring (bicyclic) bond motifs is 3. The summed E-state index contributed by atoms with van der Waals surface area (Å²) in [5, 5.41) is 11.9. The molecule has 0 aliphatic rings. The van der Waals surface area contributed by atoms with E-state index in [2.05, 4.69) is 45.3 Å². The molecule has 0 fully saturated rings. The highest BCUT2D eigenvalue weighted by atomic mass is 79.9. The molecule has 3 rings (SSSR count). The first-order chi connectivity index (χ1) is 13.9. The van der Waals surface area contributed by atoms with Crippen molar-refractivity contribution in [2.75, 3.05) is 19.0 Å².